The second kappa shape index (κ2) is 7.12. The standard InChI is InChI=1S/C16H15IN4O3/c17-14-4-2-1-3-13(14)16(22)20-9-7-19(8-10-20)15-6-5-12(11-18-15)21(23)24/h1-6,11H,7-10H2. The second-order valence-electron chi connectivity index (χ2n) is 5.39. The van der Waals surface area contributed by atoms with Gasteiger partial charge < -0.3 is 9.80 Å². The molecule has 7 nitrogen and oxygen atoms in total. The molecule has 1 aliphatic heterocycles. The maximum Gasteiger partial charge on any atom is 0.287 e. The van der Waals surface area contributed by atoms with E-state index < -0.39 is 4.92 Å². The van der Waals surface area contributed by atoms with Crippen molar-refractivity contribution >= 4 is 40.0 Å². The minimum absolute atomic E-state index is 0.0220. The van der Waals surface area contributed by atoms with E-state index in [9.17, 15) is 14.9 Å². The number of benzene rings is 1. The van der Waals surface area contributed by atoms with Gasteiger partial charge in [0.15, 0.2) is 0 Å². The van der Waals surface area contributed by atoms with Crippen molar-refractivity contribution in [2.45, 2.75) is 0 Å². The van der Waals surface area contributed by atoms with Gasteiger partial charge in [0.1, 0.15) is 12.0 Å². The van der Waals surface area contributed by atoms with E-state index >= 15 is 0 Å². The molecular weight excluding hydrogens is 423 g/mol. The number of anilines is 1. The Balaban J connectivity index is 1.64. The number of rotatable bonds is 3. The summed E-state index contributed by atoms with van der Waals surface area (Å²) in [6, 6.07) is 10.6. The number of carbonyl (C=O) groups is 1. The molecule has 1 aliphatic rings. The van der Waals surface area contributed by atoms with Gasteiger partial charge in [-0.25, -0.2) is 4.98 Å². The minimum atomic E-state index is -0.463. The van der Waals surface area contributed by atoms with Crippen LogP contribution in [0.25, 0.3) is 0 Å². The number of nitrogens with zero attached hydrogens (tertiary/aromatic N) is 4. The molecular formula is C16H15IN4O3. The molecule has 24 heavy (non-hydrogen) atoms. The van der Waals surface area contributed by atoms with Gasteiger partial charge in [0.05, 0.1) is 10.5 Å². The van der Waals surface area contributed by atoms with Crippen LogP contribution < -0.4 is 4.90 Å². The van der Waals surface area contributed by atoms with Crippen molar-refractivity contribution in [3.8, 4) is 0 Å². The van der Waals surface area contributed by atoms with Gasteiger partial charge in [-0.1, -0.05) is 12.1 Å². The van der Waals surface area contributed by atoms with Gasteiger partial charge in [0.25, 0.3) is 11.6 Å². The van der Waals surface area contributed by atoms with Gasteiger partial charge >= 0.3 is 0 Å². The average Bonchev–Trinajstić information content (AvgIpc) is 2.62. The van der Waals surface area contributed by atoms with E-state index in [-0.39, 0.29) is 11.6 Å². The fraction of sp³-hybridized carbons (Fsp3) is 0.250. The van der Waals surface area contributed by atoms with Gasteiger partial charge in [0, 0.05) is 35.8 Å². The Morgan fingerprint density at radius 3 is 2.42 bits per heavy atom. The monoisotopic (exact) mass is 438 g/mol. The zero-order valence-corrected chi connectivity index (χ0v) is 14.9. The molecule has 0 aliphatic carbocycles. The highest BCUT2D eigenvalue weighted by atomic mass is 127. The Kier molecular flexibility index (Phi) is 4.93. The van der Waals surface area contributed by atoms with Crippen molar-refractivity contribution in [2.75, 3.05) is 31.1 Å². The number of carbonyl (C=O) groups excluding carboxylic acids is 1. The van der Waals surface area contributed by atoms with Crippen molar-refractivity contribution in [3.05, 3.63) is 61.8 Å². The Labute approximate surface area is 152 Å². The van der Waals surface area contributed by atoms with E-state index in [2.05, 4.69) is 27.6 Å². The first-order chi connectivity index (χ1) is 11.6. The number of hydrogen-bond donors (Lipinski definition) is 0. The van der Waals surface area contributed by atoms with Crippen molar-refractivity contribution in [1.82, 2.24) is 9.88 Å². The van der Waals surface area contributed by atoms with Crippen LogP contribution in [0.5, 0.6) is 0 Å². The third kappa shape index (κ3) is 3.48. The number of amides is 1. The molecule has 1 fully saturated rings. The molecule has 0 radical (unpaired) electrons. The first kappa shape index (κ1) is 16.6. The number of pyridine rings is 1. The van der Waals surface area contributed by atoms with E-state index in [1.807, 2.05) is 34.1 Å². The maximum atomic E-state index is 12.6. The lowest BCUT2D eigenvalue weighted by Gasteiger charge is -2.35. The number of hydrogen-bond acceptors (Lipinski definition) is 5. The molecule has 0 saturated carbocycles. The topological polar surface area (TPSA) is 79.6 Å². The fourth-order valence-electron chi connectivity index (χ4n) is 2.62. The summed E-state index contributed by atoms with van der Waals surface area (Å²) in [6.07, 6.45) is 1.26. The Morgan fingerprint density at radius 2 is 1.83 bits per heavy atom. The normalized spacial score (nSPS) is 14.5. The van der Waals surface area contributed by atoms with Gasteiger partial charge in [-0.2, -0.15) is 0 Å². The molecule has 1 saturated heterocycles. The van der Waals surface area contributed by atoms with Crippen LogP contribution in [-0.2, 0) is 0 Å². The number of piperazine rings is 1. The van der Waals surface area contributed by atoms with E-state index in [1.54, 1.807) is 6.07 Å². The zero-order chi connectivity index (χ0) is 17.1. The first-order valence-electron chi connectivity index (χ1n) is 7.45. The SMILES string of the molecule is O=C(c1ccccc1I)N1CCN(c2ccc([N+](=O)[O-])cn2)CC1. The third-order valence-electron chi connectivity index (χ3n) is 3.94. The number of halogens is 1. The molecule has 2 aromatic rings. The second-order valence-corrected chi connectivity index (χ2v) is 6.55. The van der Waals surface area contributed by atoms with Crippen molar-refractivity contribution in [2.24, 2.45) is 0 Å². The summed E-state index contributed by atoms with van der Waals surface area (Å²) >= 11 is 2.17. The molecule has 0 atom stereocenters. The zero-order valence-electron chi connectivity index (χ0n) is 12.8. The van der Waals surface area contributed by atoms with Crippen LogP contribution in [0, 0.1) is 13.7 Å². The van der Waals surface area contributed by atoms with Crippen LogP contribution in [0.15, 0.2) is 42.6 Å². The van der Waals surface area contributed by atoms with Gasteiger partial charge in [-0.05, 0) is 40.8 Å². The molecule has 0 bridgehead atoms. The molecule has 3 rings (SSSR count). The number of aromatic nitrogens is 1. The molecule has 8 heteroatoms. The van der Waals surface area contributed by atoms with Gasteiger partial charge in [-0.3, -0.25) is 14.9 Å². The van der Waals surface area contributed by atoms with Gasteiger partial charge in [0.2, 0.25) is 0 Å². The summed E-state index contributed by atoms with van der Waals surface area (Å²) in [7, 11) is 0. The highest BCUT2D eigenvalue weighted by Gasteiger charge is 2.24. The molecule has 0 unspecified atom stereocenters. The summed E-state index contributed by atoms with van der Waals surface area (Å²) in [5.41, 5.74) is 0.700. The largest absolute Gasteiger partial charge is 0.353 e. The van der Waals surface area contributed by atoms with E-state index in [0.29, 0.717) is 32.0 Å². The van der Waals surface area contributed by atoms with E-state index in [0.717, 1.165) is 9.13 Å². The Bertz CT molecular complexity index is 758. The Hall–Kier alpha value is -2.23. The number of nitro groups is 1. The van der Waals surface area contributed by atoms with Crippen molar-refractivity contribution in [3.63, 3.8) is 0 Å². The molecule has 124 valence electrons. The molecule has 1 amide bonds. The summed E-state index contributed by atoms with van der Waals surface area (Å²) in [4.78, 5) is 30.8. The lowest BCUT2D eigenvalue weighted by molar-refractivity contribution is -0.385. The van der Waals surface area contributed by atoms with Crippen molar-refractivity contribution < 1.29 is 9.72 Å². The Morgan fingerprint density at radius 1 is 1.12 bits per heavy atom. The molecule has 0 spiro atoms. The summed E-state index contributed by atoms with van der Waals surface area (Å²) in [6.45, 7) is 2.50. The predicted molar refractivity (Wildman–Crippen MR) is 98.2 cm³/mol. The molecule has 1 aromatic carbocycles. The first-order valence-corrected chi connectivity index (χ1v) is 8.53. The lowest BCUT2D eigenvalue weighted by atomic mass is 10.2. The van der Waals surface area contributed by atoms with Crippen LogP contribution in [0.2, 0.25) is 0 Å². The minimum Gasteiger partial charge on any atom is -0.353 e. The van der Waals surface area contributed by atoms with Crippen molar-refractivity contribution in [1.29, 1.82) is 0 Å². The quantitative estimate of drug-likeness (QED) is 0.418. The highest BCUT2D eigenvalue weighted by Crippen LogP contribution is 2.19. The van der Waals surface area contributed by atoms with Crippen LogP contribution in [-0.4, -0.2) is 46.9 Å². The average molecular weight is 438 g/mol. The van der Waals surface area contributed by atoms with Crippen LogP contribution in [0.3, 0.4) is 0 Å². The van der Waals surface area contributed by atoms with Crippen LogP contribution in [0.1, 0.15) is 10.4 Å². The maximum absolute atomic E-state index is 12.6. The van der Waals surface area contributed by atoms with Gasteiger partial charge in [-0.15, -0.1) is 0 Å². The smallest absolute Gasteiger partial charge is 0.287 e. The molecule has 0 N–H and O–H groups in total. The molecule has 1 aromatic heterocycles. The highest BCUT2D eigenvalue weighted by molar-refractivity contribution is 14.1. The van der Waals surface area contributed by atoms with E-state index in [4.69, 9.17) is 0 Å². The van der Waals surface area contributed by atoms with Crippen LogP contribution in [0.4, 0.5) is 11.5 Å². The van der Waals surface area contributed by atoms with Crippen LogP contribution >= 0.6 is 22.6 Å². The predicted octanol–water partition coefficient (Wildman–Crippen LogP) is 2.56. The fourth-order valence-corrected chi connectivity index (χ4v) is 3.24. The summed E-state index contributed by atoms with van der Waals surface area (Å²) in [5.74, 6) is 0.735. The third-order valence-corrected chi connectivity index (χ3v) is 4.88. The van der Waals surface area contributed by atoms with E-state index in [1.165, 1.54) is 12.3 Å². The molecule has 2 heterocycles. The summed E-state index contributed by atoms with van der Waals surface area (Å²) in [5, 5.41) is 10.7. The summed E-state index contributed by atoms with van der Waals surface area (Å²) < 4.78 is 0.944. The lowest BCUT2D eigenvalue weighted by Crippen LogP contribution is -2.49.